The lowest BCUT2D eigenvalue weighted by Gasteiger charge is -2.18. The molecule has 0 unspecified atom stereocenters. The van der Waals surface area contributed by atoms with E-state index < -0.39 is 12.1 Å². The van der Waals surface area contributed by atoms with Gasteiger partial charge in [-0.3, -0.25) is 0 Å². The van der Waals surface area contributed by atoms with Gasteiger partial charge in [0.2, 0.25) is 0 Å². The first-order valence-corrected chi connectivity index (χ1v) is 9.59. The number of rotatable bonds is 12. The lowest BCUT2D eigenvalue weighted by atomic mass is 10.1. The van der Waals surface area contributed by atoms with Crippen LogP contribution in [0, 0.1) is 11.3 Å². The molecule has 5 nitrogen and oxygen atoms in total. The zero-order valence-electron chi connectivity index (χ0n) is 16.4. The van der Waals surface area contributed by atoms with Crippen molar-refractivity contribution in [2.24, 2.45) is 0 Å². The van der Waals surface area contributed by atoms with Gasteiger partial charge in [0, 0.05) is 12.5 Å². The molecule has 2 aromatic carbocycles. The second-order valence-corrected chi connectivity index (χ2v) is 6.55. The standard InChI is InChI=1S/C23H23F2NO4/c24-23(25,30-21-11-6-18(7-12-21)8-15-22(27)28)19-9-13-20(14-10-19)29-17-5-3-1-2-4-16-26/h6-15H,1-5,17H2,(H,27,28). The Balaban J connectivity index is 1.85. The second-order valence-electron chi connectivity index (χ2n) is 6.55. The summed E-state index contributed by atoms with van der Waals surface area (Å²) in [5, 5.41) is 17.1. The SMILES string of the molecule is N#CCCCCCCOc1ccc(C(F)(F)Oc2ccc(C=CC(=O)O)cc2)cc1. The second kappa shape index (κ2) is 11.6. The number of halogens is 2. The number of unbranched alkanes of at least 4 members (excludes halogenated alkanes) is 4. The minimum atomic E-state index is -3.53. The number of nitriles is 1. The minimum Gasteiger partial charge on any atom is -0.494 e. The summed E-state index contributed by atoms with van der Waals surface area (Å²) in [5.41, 5.74) is 0.251. The highest BCUT2D eigenvalue weighted by Gasteiger charge is 2.34. The highest BCUT2D eigenvalue weighted by molar-refractivity contribution is 5.85. The maximum absolute atomic E-state index is 14.4. The van der Waals surface area contributed by atoms with Crippen molar-refractivity contribution in [3.05, 3.63) is 65.7 Å². The van der Waals surface area contributed by atoms with E-state index in [1.165, 1.54) is 54.6 Å². The number of carboxylic acids is 1. The van der Waals surface area contributed by atoms with E-state index in [9.17, 15) is 13.6 Å². The Bertz CT molecular complexity index is 872. The van der Waals surface area contributed by atoms with Gasteiger partial charge in [-0.05, 0) is 60.9 Å². The van der Waals surface area contributed by atoms with Gasteiger partial charge in [0.05, 0.1) is 18.2 Å². The summed E-state index contributed by atoms with van der Waals surface area (Å²) in [6.07, 6.45) is 2.99. The summed E-state index contributed by atoms with van der Waals surface area (Å²) < 4.78 is 39.2. The number of carbonyl (C=O) groups is 1. The van der Waals surface area contributed by atoms with Gasteiger partial charge in [-0.1, -0.05) is 25.0 Å². The van der Waals surface area contributed by atoms with Gasteiger partial charge in [0.1, 0.15) is 11.5 Å². The van der Waals surface area contributed by atoms with E-state index in [4.69, 9.17) is 19.8 Å². The van der Waals surface area contributed by atoms with Crippen molar-refractivity contribution in [2.45, 2.75) is 38.2 Å². The van der Waals surface area contributed by atoms with Crippen molar-refractivity contribution in [1.29, 1.82) is 5.26 Å². The average molecular weight is 415 g/mol. The zero-order chi connectivity index (χ0) is 21.8. The maximum Gasteiger partial charge on any atom is 0.426 e. The van der Waals surface area contributed by atoms with E-state index in [-0.39, 0.29) is 11.3 Å². The number of hydrogen-bond acceptors (Lipinski definition) is 4. The number of nitrogens with zero attached hydrogens (tertiary/aromatic N) is 1. The molecule has 30 heavy (non-hydrogen) atoms. The maximum atomic E-state index is 14.4. The van der Waals surface area contributed by atoms with Crippen LogP contribution in [0.4, 0.5) is 8.78 Å². The molecule has 0 spiro atoms. The molecule has 0 amide bonds. The zero-order valence-corrected chi connectivity index (χ0v) is 16.4. The quantitative estimate of drug-likeness (QED) is 0.352. The molecule has 0 heterocycles. The van der Waals surface area contributed by atoms with E-state index in [1.807, 2.05) is 0 Å². The highest BCUT2D eigenvalue weighted by Crippen LogP contribution is 2.32. The fourth-order valence-electron chi connectivity index (χ4n) is 2.62. The van der Waals surface area contributed by atoms with Crippen LogP contribution in [0.5, 0.6) is 11.5 Å². The largest absolute Gasteiger partial charge is 0.494 e. The van der Waals surface area contributed by atoms with Crippen LogP contribution in [-0.2, 0) is 10.9 Å². The number of carboxylic acid groups (broad SMARTS) is 1. The molecular formula is C23H23F2NO4. The van der Waals surface area contributed by atoms with Gasteiger partial charge in [0.25, 0.3) is 0 Å². The van der Waals surface area contributed by atoms with Gasteiger partial charge in [0.15, 0.2) is 0 Å². The van der Waals surface area contributed by atoms with Crippen LogP contribution in [0.3, 0.4) is 0 Å². The average Bonchev–Trinajstić information content (AvgIpc) is 2.72. The third kappa shape index (κ3) is 7.92. The Morgan fingerprint density at radius 3 is 2.27 bits per heavy atom. The molecule has 0 aliphatic heterocycles. The summed E-state index contributed by atoms with van der Waals surface area (Å²) >= 11 is 0. The summed E-state index contributed by atoms with van der Waals surface area (Å²) in [5.74, 6) is -0.629. The molecular weight excluding hydrogens is 392 g/mol. The highest BCUT2D eigenvalue weighted by atomic mass is 19.3. The first-order chi connectivity index (χ1) is 14.4. The van der Waals surface area contributed by atoms with E-state index >= 15 is 0 Å². The van der Waals surface area contributed by atoms with Crippen LogP contribution in [-0.4, -0.2) is 17.7 Å². The third-order valence-electron chi connectivity index (χ3n) is 4.19. The molecule has 0 aliphatic rings. The van der Waals surface area contributed by atoms with Crippen molar-refractivity contribution in [3.8, 4) is 17.6 Å². The number of aliphatic carboxylic acids is 1. The van der Waals surface area contributed by atoms with Crippen molar-refractivity contribution in [3.63, 3.8) is 0 Å². The summed E-state index contributed by atoms with van der Waals surface area (Å²) in [6.45, 7) is 0.488. The summed E-state index contributed by atoms with van der Waals surface area (Å²) in [7, 11) is 0. The fourth-order valence-corrected chi connectivity index (χ4v) is 2.62. The van der Waals surface area contributed by atoms with E-state index in [2.05, 4.69) is 6.07 Å². The van der Waals surface area contributed by atoms with Crippen molar-refractivity contribution < 1.29 is 28.2 Å². The molecule has 0 fully saturated rings. The Morgan fingerprint density at radius 2 is 1.63 bits per heavy atom. The van der Waals surface area contributed by atoms with Crippen LogP contribution < -0.4 is 9.47 Å². The van der Waals surface area contributed by atoms with Crippen LogP contribution in [0.2, 0.25) is 0 Å². The number of benzene rings is 2. The smallest absolute Gasteiger partial charge is 0.426 e. The topological polar surface area (TPSA) is 79.5 Å². The van der Waals surface area contributed by atoms with E-state index in [1.54, 1.807) is 0 Å². The molecule has 0 radical (unpaired) electrons. The van der Waals surface area contributed by atoms with Crippen molar-refractivity contribution >= 4 is 12.0 Å². The predicted molar refractivity (Wildman–Crippen MR) is 108 cm³/mol. The summed E-state index contributed by atoms with van der Waals surface area (Å²) in [4.78, 5) is 10.5. The molecule has 158 valence electrons. The van der Waals surface area contributed by atoms with Crippen LogP contribution in [0.25, 0.3) is 6.08 Å². The predicted octanol–water partition coefficient (Wildman–Crippen LogP) is 5.77. The van der Waals surface area contributed by atoms with Crippen LogP contribution >= 0.6 is 0 Å². The molecule has 1 N–H and O–H groups in total. The van der Waals surface area contributed by atoms with Gasteiger partial charge in [-0.15, -0.1) is 0 Å². The molecule has 2 rings (SSSR count). The van der Waals surface area contributed by atoms with Gasteiger partial charge >= 0.3 is 12.1 Å². The van der Waals surface area contributed by atoms with Gasteiger partial charge in [-0.25, -0.2) is 4.79 Å². The Hall–Kier alpha value is -3.40. The fraction of sp³-hybridized carbons (Fsp3) is 0.304. The monoisotopic (exact) mass is 415 g/mol. The van der Waals surface area contributed by atoms with Gasteiger partial charge in [-0.2, -0.15) is 14.0 Å². The molecule has 0 aliphatic carbocycles. The van der Waals surface area contributed by atoms with E-state index in [0.29, 0.717) is 24.3 Å². The first-order valence-electron chi connectivity index (χ1n) is 9.59. The molecule has 0 saturated carbocycles. The lowest BCUT2D eigenvalue weighted by Crippen LogP contribution is -2.21. The van der Waals surface area contributed by atoms with Crippen molar-refractivity contribution in [1.82, 2.24) is 0 Å². The molecule has 2 aromatic rings. The number of alkyl halides is 2. The molecule has 7 heteroatoms. The number of ether oxygens (including phenoxy) is 2. The van der Waals surface area contributed by atoms with E-state index in [0.717, 1.165) is 31.8 Å². The van der Waals surface area contributed by atoms with Crippen LogP contribution in [0.15, 0.2) is 54.6 Å². The molecule has 0 saturated heterocycles. The van der Waals surface area contributed by atoms with Crippen LogP contribution in [0.1, 0.15) is 43.2 Å². The third-order valence-corrected chi connectivity index (χ3v) is 4.19. The Morgan fingerprint density at radius 1 is 1.00 bits per heavy atom. The lowest BCUT2D eigenvalue weighted by molar-refractivity contribution is -0.185. The Kier molecular flexibility index (Phi) is 8.82. The number of hydrogen-bond donors (Lipinski definition) is 1. The van der Waals surface area contributed by atoms with Gasteiger partial charge < -0.3 is 14.6 Å². The molecule has 0 atom stereocenters. The Labute approximate surface area is 174 Å². The summed E-state index contributed by atoms with van der Waals surface area (Å²) in [6, 6.07) is 13.2. The molecule has 0 bridgehead atoms. The normalized spacial score (nSPS) is 11.2. The van der Waals surface area contributed by atoms with Crippen molar-refractivity contribution in [2.75, 3.05) is 6.61 Å². The molecule has 0 aromatic heterocycles. The minimum absolute atomic E-state index is 0.0378. The first kappa shape index (κ1) is 22.9.